The number of amides is 2. The van der Waals surface area contributed by atoms with Crippen molar-refractivity contribution in [3.05, 3.63) is 35.3 Å². The molecule has 31 heavy (non-hydrogen) atoms. The monoisotopic (exact) mass is 432 g/mol. The number of nitrogens with two attached hydrogens (primary N) is 1. The molecule has 0 atom stereocenters. The molecule has 11 heteroatoms. The number of hydrogen-bond acceptors (Lipinski definition) is 8. The Labute approximate surface area is 178 Å². The average Bonchev–Trinajstić information content (AvgIpc) is 3.15. The van der Waals surface area contributed by atoms with E-state index >= 15 is 0 Å². The molecule has 0 radical (unpaired) electrons. The molecule has 1 aromatic carbocycles. The molecule has 0 saturated heterocycles. The van der Waals surface area contributed by atoms with Gasteiger partial charge in [-0.2, -0.15) is 0 Å². The van der Waals surface area contributed by atoms with Crippen molar-refractivity contribution in [3.63, 3.8) is 0 Å². The zero-order valence-electron chi connectivity index (χ0n) is 17.8. The number of carbonyl (C=O) groups excluding carboxylic acids is 3. The standard InChI is InChI=1S/C20H24N4O7/c1-10(2)31-20(27)19-23-15(17(21)26)18(24-19)22-14(25)7-6-11-8-12(28-3)16(30-5)13(9-11)29-4/h6-10H,1-5H3,(H2,21,26)(H,22,25)(H,23,24)/b7-6+. The van der Waals surface area contributed by atoms with Gasteiger partial charge in [0.05, 0.1) is 27.4 Å². The lowest BCUT2D eigenvalue weighted by molar-refractivity contribution is -0.111. The number of aromatic amines is 1. The van der Waals surface area contributed by atoms with Crippen molar-refractivity contribution in [2.45, 2.75) is 20.0 Å². The Bertz CT molecular complexity index is 986. The summed E-state index contributed by atoms with van der Waals surface area (Å²) in [6.07, 6.45) is 2.30. The van der Waals surface area contributed by atoms with Crippen LogP contribution in [0.4, 0.5) is 5.82 Å². The van der Waals surface area contributed by atoms with Crippen LogP contribution in [0, 0.1) is 0 Å². The molecule has 0 aliphatic rings. The first-order chi connectivity index (χ1) is 14.7. The van der Waals surface area contributed by atoms with Crippen LogP contribution in [0.1, 0.15) is 40.5 Å². The topological polar surface area (TPSA) is 155 Å². The van der Waals surface area contributed by atoms with Crippen molar-refractivity contribution in [2.75, 3.05) is 26.6 Å². The van der Waals surface area contributed by atoms with E-state index in [1.807, 2.05) is 0 Å². The summed E-state index contributed by atoms with van der Waals surface area (Å²) < 4.78 is 20.8. The van der Waals surface area contributed by atoms with Gasteiger partial charge in [0.2, 0.25) is 17.5 Å². The first-order valence-corrected chi connectivity index (χ1v) is 9.10. The van der Waals surface area contributed by atoms with Crippen LogP contribution in [0.5, 0.6) is 17.2 Å². The van der Waals surface area contributed by atoms with Crippen LogP contribution in [0.15, 0.2) is 18.2 Å². The molecular formula is C20H24N4O7. The predicted octanol–water partition coefficient (Wildman–Crippen LogP) is 1.75. The number of H-pyrrole nitrogens is 1. The lowest BCUT2D eigenvalue weighted by Crippen LogP contribution is -2.17. The Morgan fingerprint density at radius 3 is 2.19 bits per heavy atom. The Hall–Kier alpha value is -4.02. The molecule has 2 rings (SSSR count). The highest BCUT2D eigenvalue weighted by Gasteiger charge is 2.22. The van der Waals surface area contributed by atoms with Gasteiger partial charge >= 0.3 is 5.97 Å². The van der Waals surface area contributed by atoms with E-state index < -0.39 is 23.9 Å². The van der Waals surface area contributed by atoms with Gasteiger partial charge in [-0.15, -0.1) is 0 Å². The fourth-order valence-electron chi connectivity index (χ4n) is 2.54. The summed E-state index contributed by atoms with van der Waals surface area (Å²) in [5, 5.41) is 2.41. The summed E-state index contributed by atoms with van der Waals surface area (Å²) in [6.45, 7) is 3.32. The maximum Gasteiger partial charge on any atom is 0.374 e. The number of esters is 1. The fraction of sp³-hybridized carbons (Fsp3) is 0.300. The first-order valence-electron chi connectivity index (χ1n) is 9.10. The number of nitrogens with zero attached hydrogens (tertiary/aromatic N) is 1. The molecule has 0 bridgehead atoms. The summed E-state index contributed by atoms with van der Waals surface area (Å²) in [4.78, 5) is 42.3. The SMILES string of the molecule is COc1cc(/C=C/C(=O)Nc2nc(C(=O)OC(C)C)[nH]c2C(N)=O)cc(OC)c1OC. The van der Waals surface area contributed by atoms with Crippen LogP contribution >= 0.6 is 0 Å². The maximum atomic E-state index is 12.3. The summed E-state index contributed by atoms with van der Waals surface area (Å²) in [7, 11) is 4.43. The van der Waals surface area contributed by atoms with Gasteiger partial charge in [0, 0.05) is 6.08 Å². The third-order valence-corrected chi connectivity index (χ3v) is 3.84. The molecule has 1 aromatic heterocycles. The third-order valence-electron chi connectivity index (χ3n) is 3.84. The number of carbonyl (C=O) groups is 3. The van der Waals surface area contributed by atoms with Gasteiger partial charge in [-0.05, 0) is 37.6 Å². The summed E-state index contributed by atoms with van der Waals surface area (Å²) in [5.74, 6) is -1.52. The minimum absolute atomic E-state index is 0.192. The number of hydrogen-bond donors (Lipinski definition) is 3. The number of anilines is 1. The zero-order chi connectivity index (χ0) is 23.1. The molecular weight excluding hydrogens is 408 g/mol. The van der Waals surface area contributed by atoms with Gasteiger partial charge in [-0.1, -0.05) is 0 Å². The Morgan fingerprint density at radius 2 is 1.71 bits per heavy atom. The number of imidazole rings is 1. The van der Waals surface area contributed by atoms with Crippen molar-refractivity contribution in [3.8, 4) is 17.2 Å². The number of methoxy groups -OCH3 is 3. The normalized spacial score (nSPS) is 10.8. The second-order valence-electron chi connectivity index (χ2n) is 6.41. The molecule has 2 aromatic rings. The van der Waals surface area contributed by atoms with Crippen LogP contribution in [0.2, 0.25) is 0 Å². The predicted molar refractivity (Wildman–Crippen MR) is 111 cm³/mol. The van der Waals surface area contributed by atoms with Gasteiger partial charge < -0.3 is 35.0 Å². The molecule has 0 fully saturated rings. The highest BCUT2D eigenvalue weighted by atomic mass is 16.5. The van der Waals surface area contributed by atoms with Crippen LogP contribution in [0.3, 0.4) is 0 Å². The number of primary amides is 1. The molecule has 1 heterocycles. The second-order valence-corrected chi connectivity index (χ2v) is 6.41. The van der Waals surface area contributed by atoms with Gasteiger partial charge in [-0.3, -0.25) is 9.59 Å². The molecule has 4 N–H and O–H groups in total. The van der Waals surface area contributed by atoms with Gasteiger partial charge in [0.15, 0.2) is 17.3 Å². The summed E-state index contributed by atoms with van der Waals surface area (Å²) in [5.41, 5.74) is 5.64. The first kappa shape index (κ1) is 23.3. The van der Waals surface area contributed by atoms with E-state index in [1.54, 1.807) is 26.0 Å². The van der Waals surface area contributed by atoms with Crippen molar-refractivity contribution in [1.82, 2.24) is 9.97 Å². The van der Waals surface area contributed by atoms with Crippen molar-refractivity contribution in [1.29, 1.82) is 0 Å². The average molecular weight is 432 g/mol. The number of rotatable bonds is 9. The van der Waals surface area contributed by atoms with Crippen LogP contribution in [0.25, 0.3) is 6.08 Å². The molecule has 0 spiro atoms. The van der Waals surface area contributed by atoms with E-state index in [-0.39, 0.29) is 17.3 Å². The Kier molecular flexibility index (Phi) is 7.61. The maximum absolute atomic E-state index is 12.3. The quantitative estimate of drug-likeness (QED) is 0.400. The largest absolute Gasteiger partial charge is 0.493 e. The number of ether oxygens (including phenoxy) is 4. The lowest BCUT2D eigenvalue weighted by atomic mass is 10.1. The summed E-state index contributed by atoms with van der Waals surface area (Å²) in [6, 6.07) is 3.29. The van der Waals surface area contributed by atoms with E-state index in [0.29, 0.717) is 22.8 Å². The number of aromatic nitrogens is 2. The van der Waals surface area contributed by atoms with E-state index in [9.17, 15) is 14.4 Å². The molecule has 0 aliphatic heterocycles. The minimum Gasteiger partial charge on any atom is -0.493 e. The highest BCUT2D eigenvalue weighted by Crippen LogP contribution is 2.38. The Morgan fingerprint density at radius 1 is 1.10 bits per heavy atom. The molecule has 2 amide bonds. The zero-order valence-corrected chi connectivity index (χ0v) is 17.8. The molecule has 11 nitrogen and oxygen atoms in total. The molecule has 0 saturated carbocycles. The van der Waals surface area contributed by atoms with Gasteiger partial charge in [-0.25, -0.2) is 9.78 Å². The third kappa shape index (κ3) is 5.75. The second kappa shape index (κ2) is 10.1. The summed E-state index contributed by atoms with van der Waals surface area (Å²) >= 11 is 0. The fourth-order valence-corrected chi connectivity index (χ4v) is 2.54. The van der Waals surface area contributed by atoms with Crippen LogP contribution < -0.4 is 25.3 Å². The molecule has 0 aliphatic carbocycles. The Balaban J connectivity index is 2.24. The van der Waals surface area contributed by atoms with E-state index in [0.717, 1.165) is 0 Å². The number of benzene rings is 1. The van der Waals surface area contributed by atoms with Gasteiger partial charge in [0.1, 0.15) is 5.69 Å². The van der Waals surface area contributed by atoms with E-state index in [1.165, 1.54) is 33.5 Å². The molecule has 0 unspecified atom stereocenters. The van der Waals surface area contributed by atoms with Crippen LogP contribution in [-0.4, -0.2) is 55.2 Å². The smallest absolute Gasteiger partial charge is 0.374 e. The minimum atomic E-state index is -0.903. The van der Waals surface area contributed by atoms with E-state index in [2.05, 4.69) is 15.3 Å². The lowest BCUT2D eigenvalue weighted by Gasteiger charge is -2.12. The highest BCUT2D eigenvalue weighted by molar-refractivity contribution is 6.06. The van der Waals surface area contributed by atoms with Crippen molar-refractivity contribution < 1.29 is 33.3 Å². The van der Waals surface area contributed by atoms with Crippen molar-refractivity contribution >= 4 is 29.7 Å². The van der Waals surface area contributed by atoms with Crippen molar-refractivity contribution in [2.24, 2.45) is 5.73 Å². The number of nitrogens with one attached hydrogen (secondary N) is 2. The van der Waals surface area contributed by atoms with Gasteiger partial charge in [0.25, 0.3) is 5.91 Å². The van der Waals surface area contributed by atoms with Crippen LogP contribution in [-0.2, 0) is 9.53 Å². The molecule has 166 valence electrons. The van der Waals surface area contributed by atoms with E-state index in [4.69, 9.17) is 24.7 Å².